The van der Waals surface area contributed by atoms with Crippen molar-refractivity contribution in [2.24, 2.45) is 5.92 Å². The van der Waals surface area contributed by atoms with E-state index < -0.39 is 23.8 Å². The van der Waals surface area contributed by atoms with E-state index >= 15 is 0 Å². The van der Waals surface area contributed by atoms with E-state index in [2.05, 4.69) is 9.97 Å². The van der Waals surface area contributed by atoms with E-state index in [-0.39, 0.29) is 18.8 Å². The van der Waals surface area contributed by atoms with Gasteiger partial charge in [-0.2, -0.15) is 0 Å². The van der Waals surface area contributed by atoms with Crippen molar-refractivity contribution in [2.45, 2.75) is 25.9 Å². The minimum Gasteiger partial charge on any atom is -0.481 e. The lowest BCUT2D eigenvalue weighted by Crippen LogP contribution is -2.47. The van der Waals surface area contributed by atoms with Crippen LogP contribution in [0.2, 0.25) is 0 Å². The first-order chi connectivity index (χ1) is 9.04. The Morgan fingerprint density at radius 2 is 2.32 bits per heavy atom. The van der Waals surface area contributed by atoms with Gasteiger partial charge in [0.1, 0.15) is 12.2 Å². The third-order valence-corrected chi connectivity index (χ3v) is 3.37. The molecule has 0 unspecified atom stereocenters. The van der Waals surface area contributed by atoms with Crippen molar-refractivity contribution in [1.29, 1.82) is 0 Å². The van der Waals surface area contributed by atoms with Crippen LogP contribution in [0.4, 0.5) is 10.2 Å². The van der Waals surface area contributed by atoms with Crippen molar-refractivity contribution in [3.05, 3.63) is 17.8 Å². The van der Waals surface area contributed by atoms with E-state index in [4.69, 9.17) is 5.11 Å². The summed E-state index contributed by atoms with van der Waals surface area (Å²) in [5, 5.41) is 18.7. The SMILES string of the molecule is CCc1ncnc(N2CC[C@@H](O)[C@@H](C(=O)O)C2)c1F. The Morgan fingerprint density at radius 1 is 1.58 bits per heavy atom. The molecule has 19 heavy (non-hydrogen) atoms. The molecule has 2 heterocycles. The van der Waals surface area contributed by atoms with Gasteiger partial charge >= 0.3 is 5.97 Å². The molecule has 1 aliphatic heterocycles. The number of nitrogens with zero attached hydrogens (tertiary/aromatic N) is 3. The second kappa shape index (κ2) is 5.48. The van der Waals surface area contributed by atoms with Crippen LogP contribution in [0.25, 0.3) is 0 Å². The summed E-state index contributed by atoms with van der Waals surface area (Å²) in [6.07, 6.45) is 1.10. The highest BCUT2D eigenvalue weighted by atomic mass is 19.1. The van der Waals surface area contributed by atoms with Crippen LogP contribution in [-0.4, -0.2) is 45.3 Å². The maximum Gasteiger partial charge on any atom is 0.310 e. The van der Waals surface area contributed by atoms with E-state index in [9.17, 15) is 14.3 Å². The van der Waals surface area contributed by atoms with Crippen molar-refractivity contribution in [1.82, 2.24) is 9.97 Å². The number of aliphatic hydroxyl groups excluding tert-OH is 1. The minimum atomic E-state index is -1.08. The number of hydrogen-bond acceptors (Lipinski definition) is 5. The Hall–Kier alpha value is -1.76. The second-order valence-electron chi connectivity index (χ2n) is 4.56. The quantitative estimate of drug-likeness (QED) is 0.828. The van der Waals surface area contributed by atoms with E-state index in [0.29, 0.717) is 18.7 Å². The summed E-state index contributed by atoms with van der Waals surface area (Å²) in [4.78, 5) is 20.3. The number of aryl methyl sites for hydroxylation is 1. The highest BCUT2D eigenvalue weighted by Crippen LogP contribution is 2.25. The molecule has 0 aliphatic carbocycles. The van der Waals surface area contributed by atoms with Gasteiger partial charge in [-0.1, -0.05) is 6.92 Å². The number of carbonyl (C=O) groups is 1. The van der Waals surface area contributed by atoms with Crippen LogP contribution in [0.1, 0.15) is 19.0 Å². The summed E-state index contributed by atoms with van der Waals surface area (Å²) in [5.74, 6) is -2.40. The van der Waals surface area contributed by atoms with Gasteiger partial charge < -0.3 is 15.1 Å². The van der Waals surface area contributed by atoms with Crippen LogP contribution >= 0.6 is 0 Å². The van der Waals surface area contributed by atoms with Crippen molar-refractivity contribution >= 4 is 11.8 Å². The molecule has 7 heteroatoms. The van der Waals surface area contributed by atoms with Gasteiger partial charge in [0.15, 0.2) is 11.6 Å². The largest absolute Gasteiger partial charge is 0.481 e. The predicted molar refractivity (Wildman–Crippen MR) is 65.3 cm³/mol. The summed E-state index contributed by atoms with van der Waals surface area (Å²) in [7, 11) is 0. The first-order valence-corrected chi connectivity index (χ1v) is 6.19. The average molecular weight is 269 g/mol. The molecular weight excluding hydrogens is 253 g/mol. The summed E-state index contributed by atoms with van der Waals surface area (Å²) >= 11 is 0. The summed E-state index contributed by atoms with van der Waals surface area (Å²) in [6, 6.07) is 0. The Balaban J connectivity index is 2.25. The molecule has 0 saturated carbocycles. The number of aliphatic carboxylic acids is 1. The molecule has 0 bridgehead atoms. The van der Waals surface area contributed by atoms with Crippen LogP contribution in [0.3, 0.4) is 0 Å². The highest BCUT2D eigenvalue weighted by Gasteiger charge is 2.34. The number of carboxylic acid groups (broad SMARTS) is 1. The van der Waals surface area contributed by atoms with Gasteiger partial charge in [-0.15, -0.1) is 0 Å². The zero-order chi connectivity index (χ0) is 14.0. The molecule has 104 valence electrons. The zero-order valence-electron chi connectivity index (χ0n) is 10.6. The number of halogens is 1. The molecule has 0 amide bonds. The number of aliphatic hydroxyl groups is 1. The van der Waals surface area contributed by atoms with Gasteiger partial charge in [0.25, 0.3) is 0 Å². The van der Waals surface area contributed by atoms with Crippen LogP contribution in [0.15, 0.2) is 6.33 Å². The second-order valence-corrected chi connectivity index (χ2v) is 4.56. The van der Waals surface area contributed by atoms with Gasteiger partial charge in [0.2, 0.25) is 0 Å². The van der Waals surface area contributed by atoms with Crippen LogP contribution in [0.5, 0.6) is 0 Å². The highest BCUT2D eigenvalue weighted by molar-refractivity contribution is 5.72. The molecule has 1 aromatic rings. The standard InChI is InChI=1S/C12H16FN3O3/c1-2-8-10(13)11(15-6-14-8)16-4-3-9(17)7(5-16)12(18)19/h6-7,9,17H,2-5H2,1H3,(H,18,19)/t7-,9+/m0/s1. The number of anilines is 1. The fourth-order valence-electron chi connectivity index (χ4n) is 2.24. The molecule has 0 aromatic carbocycles. The van der Waals surface area contributed by atoms with Crippen molar-refractivity contribution in [3.63, 3.8) is 0 Å². The summed E-state index contributed by atoms with van der Waals surface area (Å²) < 4.78 is 14.1. The van der Waals surface area contributed by atoms with Gasteiger partial charge in [-0.25, -0.2) is 14.4 Å². The summed E-state index contributed by atoms with van der Waals surface area (Å²) in [5.41, 5.74) is 0.308. The van der Waals surface area contributed by atoms with Crippen molar-refractivity contribution in [2.75, 3.05) is 18.0 Å². The molecule has 1 fully saturated rings. The molecule has 2 atom stereocenters. The first-order valence-electron chi connectivity index (χ1n) is 6.19. The van der Waals surface area contributed by atoms with Gasteiger partial charge in [0.05, 0.1) is 11.8 Å². The van der Waals surface area contributed by atoms with Gasteiger partial charge in [-0.05, 0) is 12.8 Å². The van der Waals surface area contributed by atoms with E-state index in [1.807, 2.05) is 0 Å². The molecule has 0 radical (unpaired) electrons. The fraction of sp³-hybridized carbons (Fsp3) is 0.583. The molecule has 1 saturated heterocycles. The minimum absolute atomic E-state index is 0.0492. The predicted octanol–water partition coefficient (Wildman–Crippen LogP) is 0.450. The Morgan fingerprint density at radius 3 is 2.95 bits per heavy atom. The molecule has 0 spiro atoms. The lowest BCUT2D eigenvalue weighted by molar-refractivity contribution is -0.146. The Kier molecular flexibility index (Phi) is 3.94. The van der Waals surface area contributed by atoms with E-state index in [1.165, 1.54) is 6.33 Å². The Labute approximate surface area is 109 Å². The molecular formula is C12H16FN3O3. The monoisotopic (exact) mass is 269 g/mol. The molecule has 1 aliphatic rings. The number of aromatic nitrogens is 2. The molecule has 2 rings (SSSR count). The number of piperidine rings is 1. The number of hydrogen-bond donors (Lipinski definition) is 2. The molecule has 6 nitrogen and oxygen atoms in total. The third-order valence-electron chi connectivity index (χ3n) is 3.37. The van der Waals surface area contributed by atoms with Gasteiger partial charge in [-0.3, -0.25) is 4.79 Å². The third kappa shape index (κ3) is 2.65. The lowest BCUT2D eigenvalue weighted by Gasteiger charge is -2.34. The number of rotatable bonds is 3. The van der Waals surface area contributed by atoms with Crippen LogP contribution in [0, 0.1) is 11.7 Å². The Bertz CT molecular complexity index is 483. The average Bonchev–Trinajstić information content (AvgIpc) is 2.39. The van der Waals surface area contributed by atoms with E-state index in [1.54, 1.807) is 11.8 Å². The maximum atomic E-state index is 14.1. The van der Waals surface area contributed by atoms with Crippen molar-refractivity contribution in [3.8, 4) is 0 Å². The fourth-order valence-corrected chi connectivity index (χ4v) is 2.24. The van der Waals surface area contributed by atoms with Crippen LogP contribution in [-0.2, 0) is 11.2 Å². The zero-order valence-corrected chi connectivity index (χ0v) is 10.6. The van der Waals surface area contributed by atoms with Gasteiger partial charge in [0, 0.05) is 13.1 Å². The first kappa shape index (κ1) is 13.7. The molecule has 1 aromatic heterocycles. The van der Waals surface area contributed by atoms with E-state index in [0.717, 1.165) is 0 Å². The normalized spacial score (nSPS) is 23.4. The summed E-state index contributed by atoms with van der Waals surface area (Å²) in [6.45, 7) is 2.21. The smallest absolute Gasteiger partial charge is 0.310 e. The van der Waals surface area contributed by atoms with Crippen LogP contribution < -0.4 is 4.90 Å². The lowest BCUT2D eigenvalue weighted by atomic mass is 9.95. The molecule has 2 N–H and O–H groups in total. The maximum absolute atomic E-state index is 14.1. The number of carboxylic acids is 1. The topological polar surface area (TPSA) is 86.5 Å². The van der Waals surface area contributed by atoms with Crippen molar-refractivity contribution < 1.29 is 19.4 Å².